The van der Waals surface area contributed by atoms with Gasteiger partial charge in [0.25, 0.3) is 0 Å². The molecule has 0 aliphatic rings. The summed E-state index contributed by atoms with van der Waals surface area (Å²) < 4.78 is 22.1. The van der Waals surface area contributed by atoms with Gasteiger partial charge in [-0.05, 0) is 0 Å². The molecule has 3 nitrogen and oxygen atoms in total. The molecule has 6 heteroatoms. The standard InChI is InChI=1S/C5H10Cl2O3S/c1-2-11(9,10)4(3-6)5(7)8/h4-5,8H,2-3H2,1H3. The molecule has 0 fully saturated rings. The van der Waals surface area contributed by atoms with Crippen LogP contribution in [0.2, 0.25) is 0 Å². The molecule has 2 atom stereocenters. The van der Waals surface area contributed by atoms with Crippen molar-refractivity contribution in [2.75, 3.05) is 11.6 Å². The quantitative estimate of drug-likeness (QED) is 0.706. The highest BCUT2D eigenvalue weighted by atomic mass is 35.5. The average molecular weight is 221 g/mol. The Labute approximate surface area is 76.2 Å². The molecule has 11 heavy (non-hydrogen) atoms. The van der Waals surface area contributed by atoms with Crippen LogP contribution in [0, 0.1) is 0 Å². The van der Waals surface area contributed by atoms with Crippen molar-refractivity contribution in [2.45, 2.75) is 17.7 Å². The van der Waals surface area contributed by atoms with Gasteiger partial charge in [-0.25, -0.2) is 8.42 Å². The average Bonchev–Trinajstić information content (AvgIpc) is 1.88. The number of alkyl halides is 2. The monoisotopic (exact) mass is 220 g/mol. The lowest BCUT2D eigenvalue weighted by molar-refractivity contribution is 0.254. The SMILES string of the molecule is CCS(=O)(=O)C(CCl)C(O)Cl. The molecular formula is C5H10Cl2O3S. The summed E-state index contributed by atoms with van der Waals surface area (Å²) in [5, 5.41) is 7.72. The first-order chi connectivity index (χ1) is 4.95. The Bertz CT molecular complexity index is 200. The highest BCUT2D eigenvalue weighted by Gasteiger charge is 2.28. The molecule has 0 aromatic carbocycles. The Kier molecular flexibility index (Phi) is 4.70. The molecule has 0 spiro atoms. The van der Waals surface area contributed by atoms with Gasteiger partial charge in [0.2, 0.25) is 0 Å². The number of sulfone groups is 1. The molecule has 68 valence electrons. The maximum Gasteiger partial charge on any atom is 0.157 e. The van der Waals surface area contributed by atoms with E-state index in [1.165, 1.54) is 6.92 Å². The van der Waals surface area contributed by atoms with Gasteiger partial charge in [0, 0.05) is 11.6 Å². The molecule has 0 bridgehead atoms. The van der Waals surface area contributed by atoms with Crippen LogP contribution in [0.1, 0.15) is 6.92 Å². The van der Waals surface area contributed by atoms with Gasteiger partial charge in [-0.15, -0.1) is 11.6 Å². The van der Waals surface area contributed by atoms with Crippen molar-refractivity contribution < 1.29 is 13.5 Å². The topological polar surface area (TPSA) is 54.4 Å². The Morgan fingerprint density at radius 2 is 2.00 bits per heavy atom. The smallest absolute Gasteiger partial charge is 0.157 e. The summed E-state index contributed by atoms with van der Waals surface area (Å²) in [6.45, 7) is 1.48. The molecule has 2 unspecified atom stereocenters. The van der Waals surface area contributed by atoms with E-state index < -0.39 is 20.7 Å². The van der Waals surface area contributed by atoms with Gasteiger partial charge in [0.1, 0.15) is 10.8 Å². The minimum Gasteiger partial charge on any atom is -0.376 e. The molecule has 0 amide bonds. The molecule has 0 aliphatic heterocycles. The maximum absolute atomic E-state index is 11.0. The summed E-state index contributed by atoms with van der Waals surface area (Å²) >= 11 is 10.5. The lowest BCUT2D eigenvalue weighted by Crippen LogP contribution is -2.33. The molecule has 0 saturated heterocycles. The zero-order chi connectivity index (χ0) is 9.07. The van der Waals surface area contributed by atoms with E-state index in [4.69, 9.17) is 28.3 Å². The first-order valence-electron chi connectivity index (χ1n) is 3.05. The van der Waals surface area contributed by atoms with Crippen LogP contribution in [0.5, 0.6) is 0 Å². The van der Waals surface area contributed by atoms with Crippen molar-refractivity contribution in [3.05, 3.63) is 0 Å². The molecular weight excluding hydrogens is 211 g/mol. The third-order valence-electron chi connectivity index (χ3n) is 1.32. The number of aliphatic hydroxyl groups is 1. The molecule has 0 aromatic heterocycles. The minimum absolute atomic E-state index is 0.0613. The molecule has 0 saturated carbocycles. The van der Waals surface area contributed by atoms with Crippen molar-refractivity contribution in [2.24, 2.45) is 0 Å². The van der Waals surface area contributed by atoms with Crippen LogP contribution < -0.4 is 0 Å². The summed E-state index contributed by atoms with van der Waals surface area (Å²) in [6, 6.07) is 0. The Morgan fingerprint density at radius 3 is 2.09 bits per heavy atom. The second-order valence-electron chi connectivity index (χ2n) is 2.02. The lowest BCUT2D eigenvalue weighted by Gasteiger charge is -2.14. The molecule has 0 aliphatic carbocycles. The normalized spacial score (nSPS) is 17.8. The van der Waals surface area contributed by atoms with Crippen LogP contribution in [0.3, 0.4) is 0 Å². The van der Waals surface area contributed by atoms with Gasteiger partial charge < -0.3 is 5.11 Å². The van der Waals surface area contributed by atoms with E-state index >= 15 is 0 Å². The van der Waals surface area contributed by atoms with Crippen molar-refractivity contribution in [3.8, 4) is 0 Å². The van der Waals surface area contributed by atoms with Gasteiger partial charge in [0.15, 0.2) is 9.84 Å². The summed E-state index contributed by atoms with van der Waals surface area (Å²) in [4.78, 5) is 0. The van der Waals surface area contributed by atoms with Gasteiger partial charge >= 0.3 is 0 Å². The Morgan fingerprint density at radius 1 is 1.55 bits per heavy atom. The van der Waals surface area contributed by atoms with E-state index in [0.717, 1.165) is 0 Å². The fourth-order valence-electron chi connectivity index (χ4n) is 0.555. The second-order valence-corrected chi connectivity index (χ2v) is 5.28. The summed E-state index contributed by atoms with van der Waals surface area (Å²) in [5.74, 6) is -0.241. The van der Waals surface area contributed by atoms with E-state index in [1.54, 1.807) is 0 Å². The Hall–Kier alpha value is 0.490. The summed E-state index contributed by atoms with van der Waals surface area (Å²) in [5.41, 5.74) is -1.42. The van der Waals surface area contributed by atoms with Crippen LogP contribution in [0.25, 0.3) is 0 Å². The highest BCUT2D eigenvalue weighted by molar-refractivity contribution is 7.92. The molecule has 0 heterocycles. The third-order valence-corrected chi connectivity index (χ3v) is 4.44. The van der Waals surface area contributed by atoms with Gasteiger partial charge in [-0.2, -0.15) is 0 Å². The van der Waals surface area contributed by atoms with Crippen molar-refractivity contribution in [1.29, 1.82) is 0 Å². The fraction of sp³-hybridized carbons (Fsp3) is 1.00. The first-order valence-corrected chi connectivity index (χ1v) is 5.74. The van der Waals surface area contributed by atoms with E-state index in [1.807, 2.05) is 0 Å². The van der Waals surface area contributed by atoms with Crippen molar-refractivity contribution >= 4 is 33.0 Å². The number of aliphatic hydroxyl groups excluding tert-OH is 1. The first kappa shape index (κ1) is 11.5. The largest absolute Gasteiger partial charge is 0.376 e. The number of halogens is 2. The predicted molar refractivity (Wildman–Crippen MR) is 45.8 cm³/mol. The Balaban J connectivity index is 4.51. The van der Waals surface area contributed by atoms with E-state index in [-0.39, 0.29) is 11.6 Å². The summed E-state index contributed by atoms with van der Waals surface area (Å²) in [6.07, 6.45) is 0. The van der Waals surface area contributed by atoms with Gasteiger partial charge in [-0.3, -0.25) is 0 Å². The highest BCUT2D eigenvalue weighted by Crippen LogP contribution is 2.12. The lowest BCUT2D eigenvalue weighted by atomic mass is 10.5. The minimum atomic E-state index is -3.32. The van der Waals surface area contributed by atoms with Crippen LogP contribution in [0.4, 0.5) is 0 Å². The molecule has 0 radical (unpaired) electrons. The molecule has 0 rings (SSSR count). The zero-order valence-corrected chi connectivity index (χ0v) is 8.33. The van der Waals surface area contributed by atoms with E-state index in [2.05, 4.69) is 0 Å². The number of rotatable bonds is 4. The fourth-order valence-corrected chi connectivity index (χ4v) is 2.91. The van der Waals surface area contributed by atoms with Crippen LogP contribution in [0.15, 0.2) is 0 Å². The van der Waals surface area contributed by atoms with Gasteiger partial charge in [-0.1, -0.05) is 18.5 Å². The van der Waals surface area contributed by atoms with Crippen LogP contribution in [-0.4, -0.2) is 36.0 Å². The van der Waals surface area contributed by atoms with Crippen LogP contribution in [-0.2, 0) is 9.84 Å². The van der Waals surface area contributed by atoms with E-state index in [9.17, 15) is 8.42 Å². The van der Waals surface area contributed by atoms with Gasteiger partial charge in [0.05, 0.1) is 0 Å². The molecule has 1 N–H and O–H groups in total. The molecule has 0 aromatic rings. The van der Waals surface area contributed by atoms with Crippen molar-refractivity contribution in [1.82, 2.24) is 0 Å². The van der Waals surface area contributed by atoms with Crippen LogP contribution >= 0.6 is 23.2 Å². The maximum atomic E-state index is 11.0. The van der Waals surface area contributed by atoms with Crippen molar-refractivity contribution in [3.63, 3.8) is 0 Å². The summed E-state index contributed by atoms with van der Waals surface area (Å²) in [7, 11) is -3.32. The third kappa shape index (κ3) is 3.15. The second kappa shape index (κ2) is 4.50. The predicted octanol–water partition coefficient (Wildman–Crippen LogP) is 0.586. The number of hydrogen-bond acceptors (Lipinski definition) is 3. The van der Waals surface area contributed by atoms with E-state index in [0.29, 0.717) is 0 Å². The zero-order valence-electron chi connectivity index (χ0n) is 6.00. The number of hydrogen-bond donors (Lipinski definition) is 1.